The van der Waals surface area contributed by atoms with Crippen LogP contribution in [0.2, 0.25) is 0 Å². The Morgan fingerprint density at radius 3 is 2.55 bits per heavy atom. The quantitative estimate of drug-likeness (QED) is 0.867. The zero-order chi connectivity index (χ0) is 14.5. The lowest BCUT2D eigenvalue weighted by Crippen LogP contribution is -2.29. The molecular formula is C16H25NO3. The molecule has 1 aromatic rings. The molecule has 1 N–H and O–H groups in total. The van der Waals surface area contributed by atoms with Crippen molar-refractivity contribution >= 4 is 0 Å². The standard InChI is InChI=1S/C16H25NO3/c1-17(11-13-5-4-6-14(13)18)10-12-7-8-15(19-2)16(9-12)20-3/h7-9,13-14,18H,4-6,10-11H2,1-3H3. The molecule has 1 aliphatic rings. The first-order valence-corrected chi connectivity index (χ1v) is 7.21. The molecular weight excluding hydrogens is 254 g/mol. The number of nitrogens with zero attached hydrogens (tertiary/aromatic N) is 1. The zero-order valence-electron chi connectivity index (χ0n) is 12.6. The number of aliphatic hydroxyl groups is 1. The number of benzene rings is 1. The summed E-state index contributed by atoms with van der Waals surface area (Å²) in [5, 5.41) is 9.89. The lowest BCUT2D eigenvalue weighted by atomic mass is 10.1. The maximum absolute atomic E-state index is 9.89. The molecule has 2 atom stereocenters. The van der Waals surface area contributed by atoms with Crippen LogP contribution in [0.25, 0.3) is 0 Å². The Morgan fingerprint density at radius 1 is 1.20 bits per heavy atom. The van der Waals surface area contributed by atoms with Crippen LogP contribution in [0.15, 0.2) is 18.2 Å². The van der Waals surface area contributed by atoms with Gasteiger partial charge in [0.2, 0.25) is 0 Å². The summed E-state index contributed by atoms with van der Waals surface area (Å²) in [6.45, 7) is 1.79. The molecule has 0 amide bonds. The molecule has 0 saturated heterocycles. The summed E-state index contributed by atoms with van der Waals surface area (Å²) in [4.78, 5) is 2.26. The second-order valence-corrected chi connectivity index (χ2v) is 5.64. The van der Waals surface area contributed by atoms with Gasteiger partial charge in [0, 0.05) is 13.1 Å². The predicted molar refractivity (Wildman–Crippen MR) is 79.2 cm³/mol. The van der Waals surface area contributed by atoms with E-state index < -0.39 is 0 Å². The van der Waals surface area contributed by atoms with E-state index in [-0.39, 0.29) is 6.10 Å². The molecule has 0 radical (unpaired) electrons. The van der Waals surface area contributed by atoms with Gasteiger partial charge in [-0.3, -0.25) is 0 Å². The molecule has 112 valence electrons. The van der Waals surface area contributed by atoms with Gasteiger partial charge in [-0.1, -0.05) is 12.5 Å². The van der Waals surface area contributed by atoms with E-state index >= 15 is 0 Å². The highest BCUT2D eigenvalue weighted by Gasteiger charge is 2.26. The highest BCUT2D eigenvalue weighted by atomic mass is 16.5. The Morgan fingerprint density at radius 2 is 1.95 bits per heavy atom. The van der Waals surface area contributed by atoms with Crippen molar-refractivity contribution in [3.8, 4) is 11.5 Å². The fourth-order valence-corrected chi connectivity index (χ4v) is 2.99. The molecule has 0 spiro atoms. The zero-order valence-corrected chi connectivity index (χ0v) is 12.6. The van der Waals surface area contributed by atoms with Crippen molar-refractivity contribution in [2.24, 2.45) is 5.92 Å². The van der Waals surface area contributed by atoms with Crippen molar-refractivity contribution in [2.75, 3.05) is 27.8 Å². The highest BCUT2D eigenvalue weighted by molar-refractivity contribution is 5.42. The number of rotatable bonds is 6. The lowest BCUT2D eigenvalue weighted by molar-refractivity contribution is 0.108. The molecule has 0 bridgehead atoms. The summed E-state index contributed by atoms with van der Waals surface area (Å²) in [6, 6.07) is 6.01. The van der Waals surface area contributed by atoms with Crippen LogP contribution in [0.3, 0.4) is 0 Å². The van der Waals surface area contributed by atoms with Crippen molar-refractivity contribution in [1.82, 2.24) is 4.90 Å². The van der Waals surface area contributed by atoms with E-state index in [0.717, 1.165) is 43.9 Å². The molecule has 1 aliphatic carbocycles. The number of methoxy groups -OCH3 is 2. The third-order valence-electron chi connectivity index (χ3n) is 4.07. The van der Waals surface area contributed by atoms with Gasteiger partial charge in [0.25, 0.3) is 0 Å². The minimum atomic E-state index is -0.122. The lowest BCUT2D eigenvalue weighted by Gasteiger charge is -2.23. The number of aliphatic hydroxyl groups excluding tert-OH is 1. The number of hydrogen-bond donors (Lipinski definition) is 1. The molecule has 0 aliphatic heterocycles. The minimum Gasteiger partial charge on any atom is -0.493 e. The van der Waals surface area contributed by atoms with Crippen molar-refractivity contribution in [3.05, 3.63) is 23.8 Å². The molecule has 20 heavy (non-hydrogen) atoms. The highest BCUT2D eigenvalue weighted by Crippen LogP contribution is 2.29. The minimum absolute atomic E-state index is 0.122. The fourth-order valence-electron chi connectivity index (χ4n) is 2.99. The van der Waals surface area contributed by atoms with Crippen LogP contribution < -0.4 is 9.47 Å². The second kappa shape index (κ2) is 6.95. The number of ether oxygens (including phenoxy) is 2. The van der Waals surface area contributed by atoms with Crippen molar-refractivity contribution < 1.29 is 14.6 Å². The van der Waals surface area contributed by atoms with Gasteiger partial charge in [0.15, 0.2) is 11.5 Å². The summed E-state index contributed by atoms with van der Waals surface area (Å²) < 4.78 is 10.6. The SMILES string of the molecule is COc1ccc(CN(C)CC2CCCC2O)cc1OC. The van der Waals surface area contributed by atoms with E-state index in [1.54, 1.807) is 14.2 Å². The van der Waals surface area contributed by atoms with Crippen molar-refractivity contribution in [1.29, 1.82) is 0 Å². The Balaban J connectivity index is 1.95. The average Bonchev–Trinajstić information content (AvgIpc) is 2.84. The van der Waals surface area contributed by atoms with Gasteiger partial charge in [0.1, 0.15) is 0 Å². The van der Waals surface area contributed by atoms with Gasteiger partial charge in [-0.25, -0.2) is 0 Å². The molecule has 0 heterocycles. The van der Waals surface area contributed by atoms with Gasteiger partial charge < -0.3 is 19.5 Å². The molecule has 2 unspecified atom stereocenters. The van der Waals surface area contributed by atoms with Crippen LogP contribution in [0.1, 0.15) is 24.8 Å². The first-order chi connectivity index (χ1) is 9.63. The molecule has 2 rings (SSSR count). The molecule has 1 aromatic carbocycles. The van der Waals surface area contributed by atoms with Gasteiger partial charge in [-0.05, 0) is 43.5 Å². The third kappa shape index (κ3) is 3.64. The largest absolute Gasteiger partial charge is 0.493 e. The van der Waals surface area contributed by atoms with E-state index in [9.17, 15) is 5.11 Å². The Bertz CT molecular complexity index is 436. The summed E-state index contributed by atoms with van der Waals surface area (Å²) in [7, 11) is 5.40. The van der Waals surface area contributed by atoms with Crippen LogP contribution in [0.5, 0.6) is 11.5 Å². The van der Waals surface area contributed by atoms with E-state index in [2.05, 4.69) is 18.0 Å². The molecule has 4 nitrogen and oxygen atoms in total. The Hall–Kier alpha value is -1.26. The van der Waals surface area contributed by atoms with Crippen molar-refractivity contribution in [3.63, 3.8) is 0 Å². The van der Waals surface area contributed by atoms with Crippen LogP contribution >= 0.6 is 0 Å². The van der Waals surface area contributed by atoms with Gasteiger partial charge in [0.05, 0.1) is 20.3 Å². The maximum Gasteiger partial charge on any atom is 0.161 e. The van der Waals surface area contributed by atoms with E-state index in [0.29, 0.717) is 5.92 Å². The molecule has 4 heteroatoms. The first kappa shape index (κ1) is 15.1. The van der Waals surface area contributed by atoms with Crippen LogP contribution in [0, 0.1) is 5.92 Å². The monoisotopic (exact) mass is 279 g/mol. The second-order valence-electron chi connectivity index (χ2n) is 5.64. The smallest absolute Gasteiger partial charge is 0.161 e. The maximum atomic E-state index is 9.89. The Kier molecular flexibility index (Phi) is 5.26. The van der Waals surface area contributed by atoms with Crippen LogP contribution in [0.4, 0.5) is 0 Å². The Labute approximate surface area is 121 Å². The fraction of sp³-hybridized carbons (Fsp3) is 0.625. The average molecular weight is 279 g/mol. The van der Waals surface area contributed by atoms with E-state index in [4.69, 9.17) is 9.47 Å². The molecule has 1 saturated carbocycles. The van der Waals surface area contributed by atoms with Crippen molar-refractivity contribution in [2.45, 2.75) is 31.9 Å². The van der Waals surface area contributed by atoms with Crippen LogP contribution in [-0.2, 0) is 6.54 Å². The molecule has 0 aromatic heterocycles. The summed E-state index contributed by atoms with van der Waals surface area (Å²) in [5.74, 6) is 1.93. The summed E-state index contributed by atoms with van der Waals surface area (Å²) >= 11 is 0. The van der Waals surface area contributed by atoms with Gasteiger partial charge >= 0.3 is 0 Å². The number of hydrogen-bond acceptors (Lipinski definition) is 4. The molecule has 1 fully saturated rings. The predicted octanol–water partition coefficient (Wildman–Crippen LogP) is 2.30. The van der Waals surface area contributed by atoms with Crippen LogP contribution in [-0.4, -0.2) is 43.9 Å². The van der Waals surface area contributed by atoms with Gasteiger partial charge in [-0.2, -0.15) is 0 Å². The normalized spacial score (nSPS) is 22.2. The first-order valence-electron chi connectivity index (χ1n) is 7.21. The topological polar surface area (TPSA) is 41.9 Å². The summed E-state index contributed by atoms with van der Waals surface area (Å²) in [5.41, 5.74) is 1.19. The van der Waals surface area contributed by atoms with Gasteiger partial charge in [-0.15, -0.1) is 0 Å². The summed E-state index contributed by atoms with van der Waals surface area (Å²) in [6.07, 6.45) is 3.12. The van der Waals surface area contributed by atoms with E-state index in [1.807, 2.05) is 12.1 Å². The van der Waals surface area contributed by atoms with E-state index in [1.165, 1.54) is 5.56 Å². The third-order valence-corrected chi connectivity index (χ3v) is 4.07.